The number of likely N-dealkylation sites (N-methyl/N-ethyl adjacent to an activating group) is 1. The van der Waals surface area contributed by atoms with E-state index in [1.807, 2.05) is 37.4 Å². The van der Waals surface area contributed by atoms with E-state index in [0.29, 0.717) is 5.13 Å². The molecule has 2 N–H and O–H groups in total. The number of aryl methyl sites for hydroxylation is 2. The predicted molar refractivity (Wildman–Crippen MR) is 100 cm³/mol. The van der Waals surface area contributed by atoms with Crippen LogP contribution in [0.3, 0.4) is 0 Å². The highest BCUT2D eigenvalue weighted by molar-refractivity contribution is 9.10. The number of amides is 2. The molecule has 1 aromatic carbocycles. The molecule has 0 aliphatic carbocycles. The highest BCUT2D eigenvalue weighted by atomic mass is 79.9. The van der Waals surface area contributed by atoms with Crippen molar-refractivity contribution in [2.75, 3.05) is 30.8 Å². The van der Waals surface area contributed by atoms with Crippen molar-refractivity contribution >= 4 is 49.9 Å². The molecule has 1 heterocycles. The van der Waals surface area contributed by atoms with Gasteiger partial charge in [-0.2, -0.15) is 0 Å². The molecule has 0 bridgehead atoms. The average Bonchev–Trinajstić information content (AvgIpc) is 2.86. The van der Waals surface area contributed by atoms with Crippen LogP contribution >= 0.6 is 27.3 Å². The molecule has 0 aliphatic heterocycles. The van der Waals surface area contributed by atoms with Gasteiger partial charge in [0.2, 0.25) is 11.8 Å². The van der Waals surface area contributed by atoms with E-state index in [9.17, 15) is 9.59 Å². The number of hydrogen-bond donors (Lipinski definition) is 2. The lowest BCUT2D eigenvalue weighted by atomic mass is 10.2. The number of rotatable bonds is 6. The number of halogens is 1. The zero-order valence-electron chi connectivity index (χ0n) is 13.7. The summed E-state index contributed by atoms with van der Waals surface area (Å²) >= 11 is 4.77. The Kier molecular flexibility index (Phi) is 6.47. The zero-order chi connectivity index (χ0) is 17.7. The Labute approximate surface area is 153 Å². The van der Waals surface area contributed by atoms with E-state index in [1.54, 1.807) is 11.9 Å². The van der Waals surface area contributed by atoms with Gasteiger partial charge in [-0.25, -0.2) is 4.98 Å². The smallest absolute Gasteiger partial charge is 0.240 e. The summed E-state index contributed by atoms with van der Waals surface area (Å²) in [6, 6.07) is 5.65. The van der Waals surface area contributed by atoms with Crippen LogP contribution in [-0.2, 0) is 9.59 Å². The maximum atomic E-state index is 12.1. The summed E-state index contributed by atoms with van der Waals surface area (Å²) in [5.74, 6) is -0.361. The number of carbonyl (C=O) groups is 2. The minimum Gasteiger partial charge on any atom is -0.325 e. The first-order chi connectivity index (χ1) is 11.3. The summed E-state index contributed by atoms with van der Waals surface area (Å²) < 4.78 is 0.962. The van der Waals surface area contributed by atoms with E-state index in [-0.39, 0.29) is 24.9 Å². The second-order valence-corrected chi connectivity index (χ2v) is 7.30. The van der Waals surface area contributed by atoms with E-state index in [4.69, 9.17) is 0 Å². The van der Waals surface area contributed by atoms with E-state index in [1.165, 1.54) is 11.3 Å². The summed E-state index contributed by atoms with van der Waals surface area (Å²) in [7, 11) is 1.72. The second-order valence-electron chi connectivity index (χ2n) is 5.52. The molecule has 6 nitrogen and oxygen atoms in total. The predicted octanol–water partition coefficient (Wildman–Crippen LogP) is 3.03. The van der Waals surface area contributed by atoms with Gasteiger partial charge in [-0.05, 0) is 44.7 Å². The van der Waals surface area contributed by atoms with Gasteiger partial charge in [-0.3, -0.25) is 14.5 Å². The molecule has 0 aliphatic rings. The van der Waals surface area contributed by atoms with E-state index < -0.39 is 0 Å². The van der Waals surface area contributed by atoms with Crippen molar-refractivity contribution in [3.05, 3.63) is 39.3 Å². The van der Waals surface area contributed by atoms with Gasteiger partial charge in [-0.1, -0.05) is 15.9 Å². The highest BCUT2D eigenvalue weighted by Gasteiger charge is 2.13. The summed E-state index contributed by atoms with van der Waals surface area (Å²) in [4.78, 5) is 29.9. The van der Waals surface area contributed by atoms with E-state index >= 15 is 0 Å². The van der Waals surface area contributed by atoms with Crippen molar-refractivity contribution in [3.8, 4) is 0 Å². The molecule has 2 aromatic rings. The Hall–Kier alpha value is -1.77. The Morgan fingerprint density at radius 1 is 1.21 bits per heavy atom. The monoisotopic (exact) mass is 410 g/mol. The maximum absolute atomic E-state index is 12.1. The van der Waals surface area contributed by atoms with Crippen LogP contribution in [0, 0.1) is 13.8 Å². The third-order valence-corrected chi connectivity index (χ3v) is 4.52. The summed E-state index contributed by atoms with van der Waals surface area (Å²) in [6.45, 7) is 4.03. The van der Waals surface area contributed by atoms with Crippen molar-refractivity contribution in [3.63, 3.8) is 0 Å². The number of benzene rings is 1. The van der Waals surface area contributed by atoms with Crippen LogP contribution < -0.4 is 10.6 Å². The fourth-order valence-corrected chi connectivity index (χ4v) is 3.25. The van der Waals surface area contributed by atoms with Crippen molar-refractivity contribution < 1.29 is 9.59 Å². The van der Waals surface area contributed by atoms with Gasteiger partial charge in [-0.15, -0.1) is 11.3 Å². The van der Waals surface area contributed by atoms with Gasteiger partial charge in [0.15, 0.2) is 5.13 Å². The molecular formula is C16H19BrN4O2S. The first-order valence-corrected chi connectivity index (χ1v) is 8.97. The summed E-state index contributed by atoms with van der Waals surface area (Å²) in [5, 5.41) is 8.01. The topological polar surface area (TPSA) is 74.3 Å². The van der Waals surface area contributed by atoms with Crippen molar-refractivity contribution in [1.82, 2.24) is 9.88 Å². The lowest BCUT2D eigenvalue weighted by Gasteiger charge is -2.16. The SMILES string of the molecule is Cc1csc(NC(=O)CN(C)CC(=O)Nc2ccc(Br)cc2C)n1. The average molecular weight is 411 g/mol. The van der Waals surface area contributed by atoms with Gasteiger partial charge in [0.1, 0.15) is 0 Å². The molecule has 2 rings (SSSR count). The number of thiazole rings is 1. The van der Waals surface area contributed by atoms with Crippen molar-refractivity contribution in [2.24, 2.45) is 0 Å². The number of nitrogens with one attached hydrogen (secondary N) is 2. The molecule has 0 spiro atoms. The number of carbonyl (C=O) groups excluding carboxylic acids is 2. The van der Waals surface area contributed by atoms with Crippen LogP contribution in [0.4, 0.5) is 10.8 Å². The minimum absolute atomic E-state index is 0.116. The second kappa shape index (κ2) is 8.36. The summed E-state index contributed by atoms with van der Waals surface area (Å²) in [5.41, 5.74) is 2.60. The van der Waals surface area contributed by atoms with Gasteiger partial charge in [0.05, 0.1) is 18.8 Å². The first-order valence-electron chi connectivity index (χ1n) is 7.30. The first kappa shape index (κ1) is 18.6. The van der Waals surface area contributed by atoms with Crippen molar-refractivity contribution in [2.45, 2.75) is 13.8 Å². The third-order valence-electron chi connectivity index (χ3n) is 3.15. The molecule has 8 heteroatoms. The van der Waals surface area contributed by atoms with Gasteiger partial charge < -0.3 is 10.6 Å². The Bertz CT molecular complexity index is 747. The normalized spacial score (nSPS) is 10.7. The van der Waals surface area contributed by atoms with Crippen molar-refractivity contribution in [1.29, 1.82) is 0 Å². The van der Waals surface area contributed by atoms with E-state index in [0.717, 1.165) is 21.4 Å². The Morgan fingerprint density at radius 2 is 1.88 bits per heavy atom. The molecule has 2 amide bonds. The van der Waals surface area contributed by atoms with Crippen LogP contribution in [0.25, 0.3) is 0 Å². The van der Waals surface area contributed by atoms with Gasteiger partial charge in [0.25, 0.3) is 0 Å². The largest absolute Gasteiger partial charge is 0.325 e. The molecule has 0 atom stereocenters. The molecular weight excluding hydrogens is 392 g/mol. The highest BCUT2D eigenvalue weighted by Crippen LogP contribution is 2.20. The van der Waals surface area contributed by atoms with Gasteiger partial charge >= 0.3 is 0 Å². The Balaban J connectivity index is 1.81. The lowest BCUT2D eigenvalue weighted by molar-refractivity contribution is -0.119. The van der Waals surface area contributed by atoms with Crippen LogP contribution in [0.5, 0.6) is 0 Å². The molecule has 0 fully saturated rings. The number of hydrogen-bond acceptors (Lipinski definition) is 5. The van der Waals surface area contributed by atoms with Crippen LogP contribution in [0.1, 0.15) is 11.3 Å². The fourth-order valence-electron chi connectivity index (χ4n) is 2.07. The minimum atomic E-state index is -0.195. The number of nitrogens with zero attached hydrogens (tertiary/aromatic N) is 2. The molecule has 0 saturated heterocycles. The van der Waals surface area contributed by atoms with Gasteiger partial charge in [0, 0.05) is 15.5 Å². The lowest BCUT2D eigenvalue weighted by Crippen LogP contribution is -2.36. The zero-order valence-corrected chi connectivity index (χ0v) is 16.1. The molecule has 0 unspecified atom stereocenters. The van der Waals surface area contributed by atoms with E-state index in [2.05, 4.69) is 31.5 Å². The van der Waals surface area contributed by atoms with Crippen LogP contribution in [0.2, 0.25) is 0 Å². The summed E-state index contributed by atoms with van der Waals surface area (Å²) in [6.07, 6.45) is 0. The molecule has 0 radical (unpaired) electrons. The standard InChI is InChI=1S/C16H19BrN4O2S/c1-10-6-12(17)4-5-13(10)19-14(22)7-21(3)8-15(23)20-16-18-11(2)9-24-16/h4-6,9H,7-8H2,1-3H3,(H,19,22)(H,18,20,23). The number of aromatic nitrogens is 1. The number of anilines is 2. The van der Waals surface area contributed by atoms with Crippen LogP contribution in [0.15, 0.2) is 28.1 Å². The van der Waals surface area contributed by atoms with Crippen LogP contribution in [-0.4, -0.2) is 41.8 Å². The fraction of sp³-hybridized carbons (Fsp3) is 0.312. The molecule has 24 heavy (non-hydrogen) atoms. The molecule has 0 saturated carbocycles. The molecule has 128 valence electrons. The quantitative estimate of drug-likeness (QED) is 0.767. The maximum Gasteiger partial charge on any atom is 0.240 e. The molecule has 1 aromatic heterocycles. The third kappa shape index (κ3) is 5.70. The Morgan fingerprint density at radius 3 is 2.46 bits per heavy atom.